The number of aryl methyl sites for hydroxylation is 3. The molecule has 0 radical (unpaired) electrons. The van der Waals surface area contributed by atoms with E-state index in [2.05, 4.69) is 43.4 Å². The molecule has 2 heterocycles. The molecule has 1 aliphatic carbocycles. The maximum Gasteiger partial charge on any atom is 0.109 e. The van der Waals surface area contributed by atoms with Crippen molar-refractivity contribution in [1.82, 2.24) is 15.1 Å². The molecule has 0 saturated heterocycles. The summed E-state index contributed by atoms with van der Waals surface area (Å²) in [6, 6.07) is 2.56. The molecule has 3 rings (SSSR count). The van der Waals surface area contributed by atoms with Crippen molar-refractivity contribution in [2.24, 2.45) is 12.5 Å². The van der Waals surface area contributed by atoms with Crippen molar-refractivity contribution in [3.05, 3.63) is 40.6 Å². The highest BCUT2D eigenvalue weighted by atomic mass is 16.3. The van der Waals surface area contributed by atoms with Crippen LogP contribution in [0.3, 0.4) is 0 Å². The summed E-state index contributed by atoms with van der Waals surface area (Å²) in [5, 5.41) is 8.27. The second-order valence-corrected chi connectivity index (χ2v) is 7.34. The Balaban J connectivity index is 1.79. The van der Waals surface area contributed by atoms with Crippen molar-refractivity contribution in [1.29, 1.82) is 0 Å². The molecule has 22 heavy (non-hydrogen) atoms. The van der Waals surface area contributed by atoms with E-state index in [1.54, 1.807) is 0 Å². The first-order valence-corrected chi connectivity index (χ1v) is 8.22. The van der Waals surface area contributed by atoms with Gasteiger partial charge in [-0.05, 0) is 31.2 Å². The lowest BCUT2D eigenvalue weighted by atomic mass is 9.74. The highest BCUT2D eigenvalue weighted by molar-refractivity contribution is 5.29. The zero-order chi connectivity index (χ0) is 15.9. The normalized spacial score (nSPS) is 20.1. The van der Waals surface area contributed by atoms with Crippen molar-refractivity contribution in [2.45, 2.75) is 59.5 Å². The van der Waals surface area contributed by atoms with E-state index in [0.717, 1.165) is 37.3 Å². The quantitative estimate of drug-likeness (QED) is 0.936. The molecule has 0 fully saturated rings. The highest BCUT2D eigenvalue weighted by Crippen LogP contribution is 2.42. The van der Waals surface area contributed by atoms with Gasteiger partial charge < -0.3 is 9.73 Å². The Morgan fingerprint density at radius 1 is 1.45 bits per heavy atom. The molecule has 0 saturated carbocycles. The van der Waals surface area contributed by atoms with E-state index in [9.17, 15) is 0 Å². The van der Waals surface area contributed by atoms with Crippen molar-refractivity contribution < 1.29 is 4.42 Å². The predicted octanol–water partition coefficient (Wildman–Crippen LogP) is 3.69. The van der Waals surface area contributed by atoms with E-state index >= 15 is 0 Å². The molecule has 1 N–H and O–H groups in total. The van der Waals surface area contributed by atoms with Gasteiger partial charge in [0.2, 0.25) is 0 Å². The summed E-state index contributed by atoms with van der Waals surface area (Å²) in [5.74, 6) is 2.18. The van der Waals surface area contributed by atoms with Crippen LogP contribution >= 0.6 is 0 Å². The first kappa shape index (κ1) is 15.3. The molecule has 2 aromatic rings. The zero-order valence-corrected chi connectivity index (χ0v) is 14.4. The maximum atomic E-state index is 5.92. The number of hydrogen-bond donors (Lipinski definition) is 1. The van der Waals surface area contributed by atoms with Crippen LogP contribution in [0.25, 0.3) is 0 Å². The summed E-state index contributed by atoms with van der Waals surface area (Å²) < 4.78 is 7.83. The largest absolute Gasteiger partial charge is 0.466 e. The van der Waals surface area contributed by atoms with Crippen LogP contribution in [0.4, 0.5) is 0 Å². The van der Waals surface area contributed by atoms with Gasteiger partial charge in [0, 0.05) is 43.4 Å². The number of nitrogens with one attached hydrogen (secondary N) is 1. The summed E-state index contributed by atoms with van der Waals surface area (Å²) >= 11 is 0. The second-order valence-electron chi connectivity index (χ2n) is 7.34. The average Bonchev–Trinajstić information content (AvgIpc) is 2.96. The fourth-order valence-electron chi connectivity index (χ4n) is 3.63. The maximum absolute atomic E-state index is 5.92. The molecule has 120 valence electrons. The van der Waals surface area contributed by atoms with Crippen LogP contribution in [0, 0.1) is 12.3 Å². The Bertz CT molecular complexity index is 666. The molecule has 4 nitrogen and oxygen atoms in total. The van der Waals surface area contributed by atoms with Crippen molar-refractivity contribution in [3.8, 4) is 0 Å². The lowest BCUT2D eigenvalue weighted by molar-refractivity contribution is 0.233. The Hall–Kier alpha value is -1.55. The molecular formula is C18H27N3O. The Morgan fingerprint density at radius 2 is 2.23 bits per heavy atom. The van der Waals surface area contributed by atoms with E-state index < -0.39 is 0 Å². The molecule has 0 unspecified atom stereocenters. The minimum Gasteiger partial charge on any atom is -0.466 e. The van der Waals surface area contributed by atoms with E-state index in [4.69, 9.17) is 4.42 Å². The first-order chi connectivity index (χ1) is 10.4. The molecule has 1 atom stereocenters. The molecule has 0 aromatic carbocycles. The molecular weight excluding hydrogens is 274 g/mol. The molecule has 4 heteroatoms. The summed E-state index contributed by atoms with van der Waals surface area (Å²) in [7, 11) is 1.99. The fraction of sp³-hybridized carbons (Fsp3) is 0.611. The molecule has 0 bridgehead atoms. The van der Waals surface area contributed by atoms with Gasteiger partial charge >= 0.3 is 0 Å². The molecule has 0 amide bonds. The minimum absolute atomic E-state index is 0.275. The standard InChI is InChI=1S/C18H27N3O/c1-6-15-13(11-21(5)20-15)10-19-16-8-18(3,4)9-17-14(16)7-12(2)22-17/h7,11,16,19H,6,8-10H2,1-5H3/t16-/m0/s1. The molecule has 2 aromatic heterocycles. The Kier molecular flexibility index (Phi) is 3.89. The van der Waals surface area contributed by atoms with E-state index in [1.807, 2.05) is 18.7 Å². The zero-order valence-electron chi connectivity index (χ0n) is 14.4. The first-order valence-electron chi connectivity index (χ1n) is 8.22. The lowest BCUT2D eigenvalue weighted by Gasteiger charge is -2.34. The monoisotopic (exact) mass is 301 g/mol. The van der Waals surface area contributed by atoms with Crippen LogP contribution in [-0.4, -0.2) is 9.78 Å². The van der Waals surface area contributed by atoms with Crippen LogP contribution in [0.15, 0.2) is 16.7 Å². The molecule has 0 aliphatic heterocycles. The third kappa shape index (κ3) is 2.98. The number of nitrogens with zero attached hydrogens (tertiary/aromatic N) is 2. The number of rotatable bonds is 4. The third-order valence-corrected chi connectivity index (χ3v) is 4.60. The van der Waals surface area contributed by atoms with Crippen LogP contribution < -0.4 is 5.32 Å². The lowest BCUT2D eigenvalue weighted by Crippen LogP contribution is -2.32. The van der Waals surface area contributed by atoms with Gasteiger partial charge in [0.05, 0.1) is 5.69 Å². The predicted molar refractivity (Wildman–Crippen MR) is 87.7 cm³/mol. The number of fused-ring (bicyclic) bond motifs is 1. The van der Waals surface area contributed by atoms with Crippen LogP contribution in [0.2, 0.25) is 0 Å². The van der Waals surface area contributed by atoms with Gasteiger partial charge in [-0.25, -0.2) is 0 Å². The van der Waals surface area contributed by atoms with E-state index in [0.29, 0.717) is 6.04 Å². The fourth-order valence-corrected chi connectivity index (χ4v) is 3.63. The minimum atomic E-state index is 0.275. The van der Waals surface area contributed by atoms with Gasteiger partial charge in [0.25, 0.3) is 0 Å². The summed E-state index contributed by atoms with van der Waals surface area (Å²) in [5.41, 5.74) is 4.11. The number of aromatic nitrogens is 2. The van der Waals surface area contributed by atoms with Gasteiger partial charge in [-0.3, -0.25) is 4.68 Å². The van der Waals surface area contributed by atoms with Crippen LogP contribution in [0.1, 0.15) is 61.6 Å². The second kappa shape index (κ2) is 5.58. The summed E-state index contributed by atoms with van der Waals surface area (Å²) in [6.45, 7) is 9.71. The van der Waals surface area contributed by atoms with Gasteiger partial charge in [-0.15, -0.1) is 0 Å². The number of furan rings is 1. The van der Waals surface area contributed by atoms with Gasteiger partial charge in [0.1, 0.15) is 11.5 Å². The summed E-state index contributed by atoms with van der Waals surface area (Å²) in [6.07, 6.45) is 5.27. The van der Waals surface area contributed by atoms with Gasteiger partial charge in [-0.1, -0.05) is 20.8 Å². The topological polar surface area (TPSA) is 43.0 Å². The van der Waals surface area contributed by atoms with E-state index in [-0.39, 0.29) is 5.41 Å². The van der Waals surface area contributed by atoms with Crippen LogP contribution in [0.5, 0.6) is 0 Å². The van der Waals surface area contributed by atoms with Crippen LogP contribution in [-0.2, 0) is 26.4 Å². The average molecular weight is 301 g/mol. The summed E-state index contributed by atoms with van der Waals surface area (Å²) in [4.78, 5) is 0. The Morgan fingerprint density at radius 3 is 2.95 bits per heavy atom. The van der Waals surface area contributed by atoms with Crippen molar-refractivity contribution >= 4 is 0 Å². The Labute approximate surface area is 132 Å². The molecule has 1 aliphatic rings. The van der Waals surface area contributed by atoms with Crippen molar-refractivity contribution in [3.63, 3.8) is 0 Å². The molecule has 0 spiro atoms. The SMILES string of the molecule is CCc1nn(C)cc1CN[C@H]1CC(C)(C)Cc2oc(C)cc21. The van der Waals surface area contributed by atoms with Gasteiger partial charge in [0.15, 0.2) is 0 Å². The van der Waals surface area contributed by atoms with Gasteiger partial charge in [-0.2, -0.15) is 5.10 Å². The third-order valence-electron chi connectivity index (χ3n) is 4.60. The van der Waals surface area contributed by atoms with Crippen molar-refractivity contribution in [2.75, 3.05) is 0 Å². The number of hydrogen-bond acceptors (Lipinski definition) is 3. The highest BCUT2D eigenvalue weighted by Gasteiger charge is 2.34. The van der Waals surface area contributed by atoms with E-state index in [1.165, 1.54) is 16.8 Å². The smallest absolute Gasteiger partial charge is 0.109 e.